The van der Waals surface area contributed by atoms with Gasteiger partial charge in [-0.1, -0.05) is 30.3 Å². The van der Waals surface area contributed by atoms with Gasteiger partial charge in [-0.25, -0.2) is 8.42 Å². The maximum Gasteiger partial charge on any atom is 0.275 e. The fourth-order valence-corrected chi connectivity index (χ4v) is 3.37. The van der Waals surface area contributed by atoms with Crippen molar-refractivity contribution < 1.29 is 22.9 Å². The summed E-state index contributed by atoms with van der Waals surface area (Å²) in [6.45, 7) is 1.48. The minimum absolute atomic E-state index is 0.230. The highest BCUT2D eigenvalue weighted by Crippen LogP contribution is 2.21. The summed E-state index contributed by atoms with van der Waals surface area (Å²) >= 11 is 0. The zero-order chi connectivity index (χ0) is 21.0. The van der Waals surface area contributed by atoms with Crippen LogP contribution in [0.3, 0.4) is 0 Å². The molecule has 1 atom stereocenters. The molecule has 0 spiro atoms. The number of nitrogens with one attached hydrogen (secondary N) is 2. The lowest BCUT2D eigenvalue weighted by molar-refractivity contribution is -0.384. The molecule has 0 saturated carbocycles. The number of fused-ring (bicyclic) bond motifs is 1. The number of nitrogens with zero attached hydrogens (tertiary/aromatic N) is 1. The largest absolute Gasteiger partial charge is 0.481 e. The molecule has 0 saturated heterocycles. The zero-order valence-electron chi connectivity index (χ0n) is 15.2. The number of benzene rings is 3. The number of ether oxygens (including phenoxy) is 1. The van der Waals surface area contributed by atoms with Crippen LogP contribution in [0, 0.1) is 10.1 Å². The Labute approximate surface area is 166 Å². The van der Waals surface area contributed by atoms with E-state index in [2.05, 4.69) is 5.43 Å². The van der Waals surface area contributed by atoms with Gasteiger partial charge in [-0.2, -0.15) is 0 Å². The highest BCUT2D eigenvalue weighted by atomic mass is 32.2. The lowest BCUT2D eigenvalue weighted by Crippen LogP contribution is -2.47. The van der Waals surface area contributed by atoms with Crippen LogP contribution in [0.5, 0.6) is 5.75 Å². The molecule has 0 bridgehead atoms. The minimum Gasteiger partial charge on any atom is -0.481 e. The number of non-ortho nitro benzene ring substituents is 1. The topological polar surface area (TPSA) is 128 Å². The van der Waals surface area contributed by atoms with Gasteiger partial charge in [0.1, 0.15) is 5.75 Å². The lowest BCUT2D eigenvalue weighted by Gasteiger charge is -2.15. The zero-order valence-corrected chi connectivity index (χ0v) is 16.0. The van der Waals surface area contributed by atoms with Crippen molar-refractivity contribution >= 4 is 32.4 Å². The Morgan fingerprint density at radius 2 is 1.69 bits per heavy atom. The quantitative estimate of drug-likeness (QED) is 0.451. The van der Waals surface area contributed by atoms with Crippen molar-refractivity contribution in [3.05, 3.63) is 76.8 Å². The number of hydrazine groups is 1. The van der Waals surface area contributed by atoms with Crippen molar-refractivity contribution in [3.8, 4) is 5.75 Å². The van der Waals surface area contributed by atoms with Crippen LogP contribution in [0.1, 0.15) is 6.92 Å². The van der Waals surface area contributed by atoms with E-state index in [9.17, 15) is 23.3 Å². The van der Waals surface area contributed by atoms with Crippen LogP contribution in [-0.2, 0) is 14.8 Å². The van der Waals surface area contributed by atoms with Gasteiger partial charge in [0.25, 0.3) is 21.6 Å². The van der Waals surface area contributed by atoms with E-state index in [-0.39, 0.29) is 10.6 Å². The Kier molecular flexibility index (Phi) is 5.76. The second-order valence-electron chi connectivity index (χ2n) is 6.11. The van der Waals surface area contributed by atoms with E-state index in [1.165, 1.54) is 6.92 Å². The number of nitro benzene ring substituents is 1. The van der Waals surface area contributed by atoms with Gasteiger partial charge in [0, 0.05) is 12.1 Å². The van der Waals surface area contributed by atoms with Gasteiger partial charge in [0.15, 0.2) is 6.10 Å². The molecule has 0 unspecified atom stereocenters. The molecule has 3 rings (SSSR count). The second-order valence-corrected chi connectivity index (χ2v) is 7.80. The van der Waals surface area contributed by atoms with E-state index in [1.54, 1.807) is 12.1 Å². The molecule has 0 aliphatic rings. The molecule has 0 aromatic heterocycles. The number of carbonyl (C=O) groups excluding carboxylic acids is 1. The fourth-order valence-electron chi connectivity index (χ4n) is 2.52. The van der Waals surface area contributed by atoms with Crippen molar-refractivity contribution in [3.63, 3.8) is 0 Å². The van der Waals surface area contributed by atoms with Crippen molar-refractivity contribution in [1.82, 2.24) is 10.3 Å². The number of hydrogen-bond donors (Lipinski definition) is 2. The van der Waals surface area contributed by atoms with E-state index in [0.717, 1.165) is 35.0 Å². The highest BCUT2D eigenvalue weighted by Gasteiger charge is 2.20. The molecule has 1 amide bonds. The van der Waals surface area contributed by atoms with Crippen LogP contribution >= 0.6 is 0 Å². The number of amides is 1. The van der Waals surface area contributed by atoms with Crippen molar-refractivity contribution in [2.45, 2.75) is 17.9 Å². The molecule has 0 aliphatic carbocycles. The van der Waals surface area contributed by atoms with E-state index in [0.29, 0.717) is 5.75 Å². The van der Waals surface area contributed by atoms with Gasteiger partial charge in [0.05, 0.1) is 9.82 Å². The van der Waals surface area contributed by atoms with Crippen LogP contribution in [0.4, 0.5) is 5.69 Å². The van der Waals surface area contributed by atoms with E-state index in [1.807, 2.05) is 35.2 Å². The van der Waals surface area contributed by atoms with Crippen molar-refractivity contribution in [2.75, 3.05) is 0 Å². The standard InChI is InChI=1S/C19H17N3O6S/c1-13(28-17-9-6-14-4-2-3-5-15(14)12-17)19(23)20-21-29(26,27)18-10-7-16(8-11-18)22(24)25/h2-13,21H,1H3,(H,20,23)/t13-/m1/s1. The van der Waals surface area contributed by atoms with Gasteiger partial charge < -0.3 is 4.74 Å². The Morgan fingerprint density at radius 1 is 1.03 bits per heavy atom. The van der Waals surface area contributed by atoms with Crippen LogP contribution in [0.25, 0.3) is 10.8 Å². The maximum atomic E-state index is 12.2. The molecule has 0 fully saturated rings. The number of nitro groups is 1. The first-order chi connectivity index (χ1) is 13.8. The number of rotatable bonds is 7. The molecule has 9 nitrogen and oxygen atoms in total. The summed E-state index contributed by atoms with van der Waals surface area (Å²) in [5.74, 6) is -0.242. The summed E-state index contributed by atoms with van der Waals surface area (Å²) in [7, 11) is -4.09. The number of hydrogen-bond acceptors (Lipinski definition) is 6. The van der Waals surface area contributed by atoms with Crippen LogP contribution in [-0.4, -0.2) is 25.4 Å². The summed E-state index contributed by atoms with van der Waals surface area (Å²) in [6, 6.07) is 17.3. The second kappa shape index (κ2) is 8.25. The molecule has 2 N–H and O–H groups in total. The van der Waals surface area contributed by atoms with Crippen molar-refractivity contribution in [1.29, 1.82) is 0 Å². The first-order valence-corrected chi connectivity index (χ1v) is 9.96. The summed E-state index contributed by atoms with van der Waals surface area (Å²) in [5, 5.41) is 12.6. The van der Waals surface area contributed by atoms with E-state index < -0.39 is 27.0 Å². The third-order valence-electron chi connectivity index (χ3n) is 4.07. The van der Waals surface area contributed by atoms with Gasteiger partial charge >= 0.3 is 0 Å². The molecule has 150 valence electrons. The average molecular weight is 415 g/mol. The highest BCUT2D eigenvalue weighted by molar-refractivity contribution is 7.89. The molecule has 29 heavy (non-hydrogen) atoms. The summed E-state index contributed by atoms with van der Waals surface area (Å²) in [5.41, 5.74) is 1.84. The monoisotopic (exact) mass is 415 g/mol. The molecular formula is C19H17N3O6S. The third kappa shape index (κ3) is 4.86. The van der Waals surface area contributed by atoms with Crippen molar-refractivity contribution in [2.24, 2.45) is 0 Å². The Balaban J connectivity index is 1.61. The van der Waals surface area contributed by atoms with Gasteiger partial charge in [-0.05, 0) is 42.0 Å². The molecule has 3 aromatic rings. The average Bonchev–Trinajstić information content (AvgIpc) is 2.72. The predicted molar refractivity (Wildman–Crippen MR) is 106 cm³/mol. The molecule has 0 aliphatic heterocycles. The fraction of sp³-hybridized carbons (Fsp3) is 0.105. The summed E-state index contributed by atoms with van der Waals surface area (Å²) in [6.07, 6.45) is -0.976. The predicted octanol–water partition coefficient (Wildman–Crippen LogP) is 2.53. The number of carbonyl (C=O) groups is 1. The summed E-state index contributed by atoms with van der Waals surface area (Å²) in [4.78, 5) is 23.9. The van der Waals surface area contributed by atoms with Crippen LogP contribution < -0.4 is 15.0 Å². The first-order valence-electron chi connectivity index (χ1n) is 8.48. The SMILES string of the molecule is C[C@@H](Oc1ccc2ccccc2c1)C(=O)NNS(=O)(=O)c1ccc([N+](=O)[O-])cc1. The Hall–Kier alpha value is -3.50. The van der Waals surface area contributed by atoms with Gasteiger partial charge in [-0.15, -0.1) is 4.83 Å². The van der Waals surface area contributed by atoms with Crippen LogP contribution in [0.15, 0.2) is 71.6 Å². The molecule has 10 heteroatoms. The molecular weight excluding hydrogens is 398 g/mol. The molecule has 3 aromatic carbocycles. The molecule has 0 heterocycles. The number of sulfonamides is 1. The van der Waals surface area contributed by atoms with Gasteiger partial charge in [0.2, 0.25) is 0 Å². The smallest absolute Gasteiger partial charge is 0.275 e. The lowest BCUT2D eigenvalue weighted by atomic mass is 10.1. The van der Waals surface area contributed by atoms with Crippen LogP contribution in [0.2, 0.25) is 0 Å². The minimum atomic E-state index is -4.09. The molecule has 0 radical (unpaired) electrons. The Bertz CT molecular complexity index is 1160. The maximum absolute atomic E-state index is 12.2. The Morgan fingerprint density at radius 3 is 2.34 bits per heavy atom. The normalized spacial score (nSPS) is 12.3. The van der Waals surface area contributed by atoms with Gasteiger partial charge in [-0.3, -0.25) is 20.3 Å². The first kappa shape index (κ1) is 20.2. The summed E-state index contributed by atoms with van der Waals surface area (Å²) < 4.78 is 30.0. The van der Waals surface area contributed by atoms with E-state index >= 15 is 0 Å². The third-order valence-corrected chi connectivity index (χ3v) is 5.33. The van der Waals surface area contributed by atoms with E-state index in [4.69, 9.17) is 4.74 Å².